The highest BCUT2D eigenvalue weighted by Crippen LogP contribution is 2.24. The van der Waals surface area contributed by atoms with E-state index in [1.807, 2.05) is 6.92 Å². The Morgan fingerprint density at radius 1 is 1.63 bits per heavy atom. The molecule has 0 aromatic carbocycles. The van der Waals surface area contributed by atoms with E-state index in [-0.39, 0.29) is 17.8 Å². The monoisotopic (exact) mass is 284 g/mol. The molecule has 1 aromatic rings. The van der Waals surface area contributed by atoms with Gasteiger partial charge in [-0.25, -0.2) is 4.98 Å². The first-order chi connectivity index (χ1) is 9.20. The fourth-order valence-corrected chi connectivity index (χ4v) is 2.89. The van der Waals surface area contributed by atoms with Crippen LogP contribution in [0.1, 0.15) is 35.9 Å². The number of hydrogen-bond donors (Lipinski definition) is 3. The van der Waals surface area contributed by atoms with Gasteiger partial charge in [-0.15, -0.1) is 0 Å². The van der Waals surface area contributed by atoms with Crippen molar-refractivity contribution >= 4 is 28.2 Å². The smallest absolute Gasteiger partial charge is 0.265 e. The van der Waals surface area contributed by atoms with Crippen molar-refractivity contribution in [3.8, 4) is 0 Å². The molecule has 0 bridgehead atoms. The average Bonchev–Trinajstić information content (AvgIpc) is 2.99. The van der Waals surface area contributed by atoms with E-state index in [0.717, 1.165) is 32.4 Å². The normalized spacial score (nSPS) is 18.5. The van der Waals surface area contributed by atoms with Gasteiger partial charge in [0.1, 0.15) is 10.7 Å². The van der Waals surface area contributed by atoms with Crippen LogP contribution in [0.3, 0.4) is 0 Å². The van der Waals surface area contributed by atoms with Crippen LogP contribution in [0.15, 0.2) is 0 Å². The molecule has 0 saturated carbocycles. The lowest BCUT2D eigenvalue weighted by molar-refractivity contribution is 0.0911. The number of amides is 1. The number of hydrogen-bond acceptors (Lipinski definition) is 6. The number of aromatic nitrogens is 1. The Morgan fingerprint density at radius 2 is 2.47 bits per heavy atom. The molecule has 0 aliphatic carbocycles. The standard InChI is InChI=1S/C12H20N4O2S/c1-2-14-12-16-10(13)9(19-12)11(17)15-6-5-8-4-3-7-18-8/h8H,2-7,13H2,1H3,(H,14,16)(H,15,17). The molecule has 19 heavy (non-hydrogen) atoms. The zero-order valence-corrected chi connectivity index (χ0v) is 11.9. The zero-order chi connectivity index (χ0) is 13.7. The molecule has 106 valence electrons. The number of nitrogens with two attached hydrogens (primary N) is 1. The van der Waals surface area contributed by atoms with Crippen LogP contribution >= 0.6 is 11.3 Å². The third kappa shape index (κ3) is 3.81. The van der Waals surface area contributed by atoms with Gasteiger partial charge in [0.05, 0.1) is 6.10 Å². The molecule has 1 aliphatic heterocycles. The largest absolute Gasteiger partial charge is 0.382 e. The van der Waals surface area contributed by atoms with Crippen LogP contribution in [-0.2, 0) is 4.74 Å². The molecular weight excluding hydrogens is 264 g/mol. The molecule has 1 amide bonds. The van der Waals surface area contributed by atoms with E-state index in [1.54, 1.807) is 0 Å². The Hall–Kier alpha value is -1.34. The molecule has 4 N–H and O–H groups in total. The number of nitrogens with zero attached hydrogens (tertiary/aromatic N) is 1. The molecule has 1 saturated heterocycles. The predicted molar refractivity (Wildman–Crippen MR) is 76.6 cm³/mol. The van der Waals surface area contributed by atoms with Crippen molar-refractivity contribution in [2.24, 2.45) is 0 Å². The molecule has 0 radical (unpaired) electrons. The molecule has 1 unspecified atom stereocenters. The Bertz CT molecular complexity index is 429. The lowest BCUT2D eigenvalue weighted by Gasteiger charge is -2.09. The third-order valence-corrected chi connectivity index (χ3v) is 3.99. The number of nitrogens with one attached hydrogen (secondary N) is 2. The first-order valence-corrected chi connectivity index (χ1v) is 7.42. The number of nitrogen functional groups attached to an aromatic ring is 1. The molecule has 7 heteroatoms. The fourth-order valence-electron chi connectivity index (χ4n) is 2.02. The Morgan fingerprint density at radius 3 is 3.16 bits per heavy atom. The molecule has 1 aliphatic rings. The van der Waals surface area contributed by atoms with Crippen LogP contribution in [0.2, 0.25) is 0 Å². The van der Waals surface area contributed by atoms with Gasteiger partial charge in [-0.3, -0.25) is 4.79 Å². The zero-order valence-electron chi connectivity index (χ0n) is 11.1. The summed E-state index contributed by atoms with van der Waals surface area (Å²) in [6.45, 7) is 4.18. The number of thiazole rings is 1. The first-order valence-electron chi connectivity index (χ1n) is 6.60. The fraction of sp³-hybridized carbons (Fsp3) is 0.667. The summed E-state index contributed by atoms with van der Waals surface area (Å²) in [5.41, 5.74) is 5.74. The summed E-state index contributed by atoms with van der Waals surface area (Å²) >= 11 is 1.28. The van der Waals surface area contributed by atoms with Crippen LogP contribution in [0.25, 0.3) is 0 Å². The maximum atomic E-state index is 12.0. The van der Waals surface area contributed by atoms with Crippen molar-refractivity contribution in [3.05, 3.63) is 4.88 Å². The summed E-state index contributed by atoms with van der Waals surface area (Å²) in [5.74, 6) is 0.132. The van der Waals surface area contributed by atoms with Gasteiger partial charge in [-0.05, 0) is 26.2 Å². The topological polar surface area (TPSA) is 89.3 Å². The Kier molecular flexibility index (Phi) is 4.98. The van der Waals surface area contributed by atoms with Gasteiger partial charge >= 0.3 is 0 Å². The minimum Gasteiger partial charge on any atom is -0.382 e. The van der Waals surface area contributed by atoms with E-state index in [4.69, 9.17) is 10.5 Å². The molecule has 0 spiro atoms. The first kappa shape index (κ1) is 14.1. The second-order valence-electron chi connectivity index (χ2n) is 4.44. The van der Waals surface area contributed by atoms with Crippen molar-refractivity contribution in [1.29, 1.82) is 0 Å². The van der Waals surface area contributed by atoms with Gasteiger partial charge in [-0.2, -0.15) is 0 Å². The number of ether oxygens (including phenoxy) is 1. The van der Waals surface area contributed by atoms with Gasteiger partial charge < -0.3 is 21.1 Å². The highest BCUT2D eigenvalue weighted by atomic mass is 32.1. The third-order valence-electron chi connectivity index (χ3n) is 2.96. The molecule has 2 rings (SSSR count). The van der Waals surface area contributed by atoms with E-state index in [2.05, 4.69) is 15.6 Å². The van der Waals surface area contributed by atoms with Crippen molar-refractivity contribution in [2.75, 3.05) is 30.7 Å². The van der Waals surface area contributed by atoms with E-state index >= 15 is 0 Å². The van der Waals surface area contributed by atoms with Gasteiger partial charge in [-0.1, -0.05) is 11.3 Å². The number of anilines is 2. The summed E-state index contributed by atoms with van der Waals surface area (Å²) in [5, 5.41) is 6.60. The molecule has 1 fully saturated rings. The van der Waals surface area contributed by atoms with Crippen molar-refractivity contribution in [2.45, 2.75) is 32.3 Å². The van der Waals surface area contributed by atoms with Gasteiger partial charge in [0, 0.05) is 19.7 Å². The highest BCUT2D eigenvalue weighted by molar-refractivity contribution is 7.18. The molecule has 1 aromatic heterocycles. The van der Waals surface area contributed by atoms with Crippen molar-refractivity contribution < 1.29 is 9.53 Å². The molecular formula is C12H20N4O2S. The Balaban J connectivity index is 1.81. The summed E-state index contributed by atoms with van der Waals surface area (Å²) in [4.78, 5) is 16.5. The predicted octanol–water partition coefficient (Wildman–Crippen LogP) is 1.46. The van der Waals surface area contributed by atoms with E-state index < -0.39 is 0 Å². The average molecular weight is 284 g/mol. The molecule has 1 atom stereocenters. The van der Waals surface area contributed by atoms with Gasteiger partial charge in [0.15, 0.2) is 5.13 Å². The molecule has 2 heterocycles. The maximum absolute atomic E-state index is 12.0. The summed E-state index contributed by atoms with van der Waals surface area (Å²) < 4.78 is 5.50. The van der Waals surface area contributed by atoms with Crippen LogP contribution in [0.4, 0.5) is 10.9 Å². The minimum absolute atomic E-state index is 0.155. The van der Waals surface area contributed by atoms with Crippen molar-refractivity contribution in [1.82, 2.24) is 10.3 Å². The number of carbonyl (C=O) groups is 1. The number of rotatable bonds is 6. The lowest BCUT2D eigenvalue weighted by Crippen LogP contribution is -2.26. The second-order valence-corrected chi connectivity index (χ2v) is 5.44. The van der Waals surface area contributed by atoms with Crippen LogP contribution in [-0.4, -0.2) is 36.7 Å². The summed E-state index contributed by atoms with van der Waals surface area (Å²) in [6.07, 6.45) is 3.34. The van der Waals surface area contributed by atoms with Crippen LogP contribution in [0.5, 0.6) is 0 Å². The van der Waals surface area contributed by atoms with E-state index in [9.17, 15) is 4.79 Å². The summed E-state index contributed by atoms with van der Waals surface area (Å²) in [7, 11) is 0. The van der Waals surface area contributed by atoms with Gasteiger partial charge in [0.2, 0.25) is 0 Å². The second kappa shape index (κ2) is 6.72. The van der Waals surface area contributed by atoms with E-state index in [1.165, 1.54) is 11.3 Å². The summed E-state index contributed by atoms with van der Waals surface area (Å²) in [6, 6.07) is 0. The van der Waals surface area contributed by atoms with Crippen LogP contribution in [0, 0.1) is 0 Å². The Labute approximate surface area is 116 Å². The quantitative estimate of drug-likeness (QED) is 0.736. The minimum atomic E-state index is -0.155. The number of carbonyl (C=O) groups excluding carboxylic acids is 1. The SMILES string of the molecule is CCNc1nc(N)c(C(=O)NCCC2CCCO2)s1. The van der Waals surface area contributed by atoms with Crippen molar-refractivity contribution in [3.63, 3.8) is 0 Å². The maximum Gasteiger partial charge on any atom is 0.265 e. The van der Waals surface area contributed by atoms with E-state index in [0.29, 0.717) is 16.6 Å². The van der Waals surface area contributed by atoms with Gasteiger partial charge in [0.25, 0.3) is 5.91 Å². The van der Waals surface area contributed by atoms with Crippen LogP contribution < -0.4 is 16.4 Å². The molecule has 6 nitrogen and oxygen atoms in total. The lowest BCUT2D eigenvalue weighted by atomic mass is 10.2. The highest BCUT2D eigenvalue weighted by Gasteiger charge is 2.18.